The number of carbonyl (C=O) groups excluding carboxylic acids is 1. The quantitative estimate of drug-likeness (QED) is 0.383. The number of fused-ring (bicyclic) bond motifs is 1. The molecule has 29 heavy (non-hydrogen) atoms. The second kappa shape index (κ2) is 10.3. The average Bonchev–Trinajstić information content (AvgIpc) is 2.91. The summed E-state index contributed by atoms with van der Waals surface area (Å²) in [5.41, 5.74) is -0.419. The van der Waals surface area contributed by atoms with E-state index in [2.05, 4.69) is 7.11 Å². The average molecular weight is 620 g/mol. The zero-order valence-corrected chi connectivity index (χ0v) is 20.4. The largest absolute Gasteiger partial charge is 0.664 e. The first-order valence-corrected chi connectivity index (χ1v) is 9.00. The summed E-state index contributed by atoms with van der Waals surface area (Å²) in [6.45, 7) is 5.67. The van der Waals surface area contributed by atoms with E-state index in [0.29, 0.717) is 11.1 Å². The number of hydrogen-bond donors (Lipinski definition) is 0. The van der Waals surface area contributed by atoms with E-state index in [0.717, 1.165) is 12.1 Å². The second-order valence-corrected chi connectivity index (χ2v) is 6.85. The van der Waals surface area contributed by atoms with Gasteiger partial charge in [0.15, 0.2) is 5.78 Å². The topological polar surface area (TPSA) is 57.8 Å². The third kappa shape index (κ3) is 4.99. The van der Waals surface area contributed by atoms with Gasteiger partial charge in [0.05, 0.1) is 21.0 Å². The first-order valence-electron chi connectivity index (χ1n) is 8.25. The molecule has 3 rings (SSSR count). The Morgan fingerprint density at radius 2 is 1.62 bits per heavy atom. The van der Waals surface area contributed by atoms with Crippen LogP contribution in [0.4, 0.5) is 13.2 Å². The molecule has 0 spiro atoms. The van der Waals surface area contributed by atoms with Gasteiger partial charge in [-0.15, -0.1) is 0 Å². The van der Waals surface area contributed by atoms with E-state index < -0.39 is 17.2 Å². The summed E-state index contributed by atoms with van der Waals surface area (Å²) in [6, 6.07) is 6.16. The van der Waals surface area contributed by atoms with Crippen molar-refractivity contribution >= 4 is 29.0 Å². The normalized spacial score (nSPS) is 17.3. The number of rotatable bonds is 2. The molecule has 1 aliphatic rings. The predicted octanol–water partition coefficient (Wildman–Crippen LogP) is 6.08. The number of halogens is 5. The van der Waals surface area contributed by atoms with Crippen LogP contribution >= 0.6 is 23.2 Å². The minimum atomic E-state index is -4.43. The smallest absolute Gasteiger partial charge is 0.416 e. The Balaban J connectivity index is 0.00000190. The number of hydrogen-bond acceptors (Lipinski definition) is 2. The standard InChI is InChI=1S/C18H12Cl2F3O2.C2H6.H2O.W/c1-17(10-3-5-11(6-4-10)18(21,22)23)8-9-7-12(25-2)14(19)15(20)13(9)16(17)24;1-2;;/h3-7H,2,8H2,1H3;1-2H3;1H2;/q-1;;;. The van der Waals surface area contributed by atoms with Crippen LogP contribution in [0.25, 0.3) is 0 Å². The SMILES string of the molecule is CC.O.[CH2-]Oc1cc2c(c(Cl)c1Cl)C(=O)C(C)(c1ccc(C(F)(F)F)cc1)C2.[W]. The van der Waals surface area contributed by atoms with Crippen LogP contribution in [-0.2, 0) is 39.1 Å². The summed E-state index contributed by atoms with van der Waals surface area (Å²) in [5, 5.41) is 0.152. The molecule has 0 heterocycles. The Bertz CT molecular complexity index is 871. The summed E-state index contributed by atoms with van der Waals surface area (Å²) in [6.07, 6.45) is -4.15. The van der Waals surface area contributed by atoms with Crippen LogP contribution < -0.4 is 4.74 Å². The van der Waals surface area contributed by atoms with Gasteiger partial charge in [-0.1, -0.05) is 49.2 Å². The Morgan fingerprint density at radius 3 is 2.07 bits per heavy atom. The molecular weight excluding hydrogens is 600 g/mol. The van der Waals surface area contributed by atoms with Crippen molar-refractivity contribution in [3.63, 3.8) is 0 Å². The van der Waals surface area contributed by atoms with Gasteiger partial charge in [0.25, 0.3) is 0 Å². The number of benzene rings is 2. The molecule has 1 atom stereocenters. The van der Waals surface area contributed by atoms with Crippen LogP contribution in [0.15, 0.2) is 30.3 Å². The maximum Gasteiger partial charge on any atom is 0.416 e. The van der Waals surface area contributed by atoms with E-state index in [1.54, 1.807) is 13.0 Å². The van der Waals surface area contributed by atoms with Crippen LogP contribution in [-0.4, -0.2) is 11.3 Å². The van der Waals surface area contributed by atoms with Crippen molar-refractivity contribution in [2.45, 2.75) is 38.8 Å². The van der Waals surface area contributed by atoms with Gasteiger partial charge in [0, 0.05) is 26.6 Å². The molecule has 2 aromatic carbocycles. The number of carbonyl (C=O) groups is 1. The van der Waals surface area contributed by atoms with Gasteiger partial charge in [-0.05, 0) is 42.7 Å². The van der Waals surface area contributed by atoms with Crippen molar-refractivity contribution < 1.29 is 49.2 Å². The van der Waals surface area contributed by atoms with Gasteiger partial charge in [-0.25, -0.2) is 0 Å². The molecule has 1 unspecified atom stereocenters. The summed E-state index contributed by atoms with van der Waals surface area (Å²) < 4.78 is 43.1. The Kier molecular flexibility index (Phi) is 9.92. The van der Waals surface area contributed by atoms with Gasteiger partial charge in [0.1, 0.15) is 5.75 Å². The maximum absolute atomic E-state index is 13.0. The van der Waals surface area contributed by atoms with Gasteiger partial charge < -0.3 is 10.2 Å². The molecule has 0 bridgehead atoms. The summed E-state index contributed by atoms with van der Waals surface area (Å²) in [7, 11) is 3.30. The van der Waals surface area contributed by atoms with Crippen molar-refractivity contribution in [1.82, 2.24) is 0 Å². The third-order valence-electron chi connectivity index (χ3n) is 4.53. The molecule has 0 saturated carbocycles. The molecule has 0 fully saturated rings. The zero-order valence-electron chi connectivity index (χ0n) is 15.9. The molecular formula is C20H20Cl2F3O3W-. The van der Waals surface area contributed by atoms with E-state index >= 15 is 0 Å². The molecule has 9 heteroatoms. The van der Waals surface area contributed by atoms with E-state index in [-0.39, 0.29) is 60.1 Å². The van der Waals surface area contributed by atoms with E-state index in [9.17, 15) is 18.0 Å². The van der Waals surface area contributed by atoms with Crippen molar-refractivity contribution in [1.29, 1.82) is 0 Å². The van der Waals surface area contributed by atoms with E-state index in [4.69, 9.17) is 27.9 Å². The molecule has 0 aliphatic heterocycles. The third-order valence-corrected chi connectivity index (χ3v) is 5.38. The van der Waals surface area contributed by atoms with E-state index in [1.807, 2.05) is 13.8 Å². The first kappa shape index (κ1) is 27.9. The van der Waals surface area contributed by atoms with Gasteiger partial charge in [-0.3, -0.25) is 4.79 Å². The van der Waals surface area contributed by atoms with E-state index in [1.165, 1.54) is 12.1 Å². The summed E-state index contributed by atoms with van der Waals surface area (Å²) in [5.74, 6) is -0.0420. The van der Waals surface area contributed by atoms with Gasteiger partial charge in [0.2, 0.25) is 0 Å². The van der Waals surface area contributed by atoms with Crippen molar-refractivity contribution in [3.05, 3.63) is 69.7 Å². The second-order valence-electron chi connectivity index (χ2n) is 6.09. The molecule has 0 aromatic heterocycles. The number of ether oxygens (including phenoxy) is 1. The Labute approximate surface area is 192 Å². The van der Waals surface area contributed by atoms with Crippen molar-refractivity contribution in [2.75, 3.05) is 0 Å². The zero-order chi connectivity index (χ0) is 20.6. The van der Waals surface area contributed by atoms with Crippen LogP contribution in [0.3, 0.4) is 0 Å². The molecule has 0 amide bonds. The maximum atomic E-state index is 13.0. The molecule has 3 nitrogen and oxygen atoms in total. The van der Waals surface area contributed by atoms with Crippen LogP contribution in [0.1, 0.15) is 47.8 Å². The molecule has 2 aromatic rings. The fourth-order valence-corrected chi connectivity index (χ4v) is 3.64. The Morgan fingerprint density at radius 1 is 1.10 bits per heavy atom. The van der Waals surface area contributed by atoms with Crippen LogP contribution in [0.2, 0.25) is 10.0 Å². The fraction of sp³-hybridized carbons (Fsp3) is 0.300. The van der Waals surface area contributed by atoms with Gasteiger partial charge in [-0.2, -0.15) is 20.3 Å². The summed E-state index contributed by atoms with van der Waals surface area (Å²) in [4.78, 5) is 13.0. The van der Waals surface area contributed by atoms with Crippen LogP contribution in [0.5, 0.6) is 5.75 Å². The monoisotopic (exact) mass is 619 g/mol. The number of Topliss-reactive ketones (excluding diaryl/α,β-unsaturated/α-hetero) is 1. The molecule has 0 saturated heterocycles. The van der Waals surface area contributed by atoms with Crippen molar-refractivity contribution in [3.8, 4) is 5.75 Å². The molecule has 1 aliphatic carbocycles. The summed E-state index contributed by atoms with van der Waals surface area (Å²) >= 11 is 12.3. The molecule has 160 valence electrons. The Hall–Kier alpha value is -1.07. The van der Waals surface area contributed by atoms with Gasteiger partial charge >= 0.3 is 6.18 Å². The first-order chi connectivity index (χ1) is 12.6. The molecule has 2 N–H and O–H groups in total. The predicted molar refractivity (Wildman–Crippen MR) is 104 cm³/mol. The van der Waals surface area contributed by atoms with Crippen molar-refractivity contribution in [2.24, 2.45) is 0 Å². The number of alkyl halides is 3. The fourth-order valence-electron chi connectivity index (χ4n) is 3.14. The minimum absolute atomic E-state index is 0. The molecule has 0 radical (unpaired) electrons. The number of ketones is 1. The van der Waals surface area contributed by atoms with Crippen LogP contribution in [0, 0.1) is 7.11 Å². The minimum Gasteiger partial charge on any atom is -0.664 e.